The average Bonchev–Trinajstić information content (AvgIpc) is 3.51. The highest BCUT2D eigenvalue weighted by atomic mass is 35.5. The summed E-state index contributed by atoms with van der Waals surface area (Å²) in [5.74, 6) is 0. The summed E-state index contributed by atoms with van der Waals surface area (Å²) in [4.78, 5) is 0. The Balaban J connectivity index is 1.63. The molecule has 6 aromatic carbocycles. The number of fused-ring (bicyclic) bond motifs is 6. The van der Waals surface area contributed by atoms with Gasteiger partial charge in [0.25, 0.3) is 0 Å². The van der Waals surface area contributed by atoms with Gasteiger partial charge in [-0.1, -0.05) is 133 Å². The number of rotatable bonds is 3. The van der Waals surface area contributed by atoms with E-state index < -0.39 is 5.41 Å². The van der Waals surface area contributed by atoms with Crippen molar-refractivity contribution in [2.24, 2.45) is 0 Å². The van der Waals surface area contributed by atoms with Gasteiger partial charge in [0, 0.05) is 16.5 Å². The van der Waals surface area contributed by atoms with E-state index in [9.17, 15) is 0 Å². The zero-order valence-corrected chi connectivity index (χ0v) is 21.9. The van der Waals surface area contributed by atoms with Crippen LogP contribution >= 0.6 is 11.6 Å². The first-order chi connectivity index (χ1) is 19.3. The molecule has 0 fully saturated rings. The molecule has 0 aliphatic heterocycles. The summed E-state index contributed by atoms with van der Waals surface area (Å²) < 4.78 is 2.32. The Morgan fingerprint density at radius 2 is 1.05 bits per heavy atom. The summed E-state index contributed by atoms with van der Waals surface area (Å²) in [5, 5.41) is 3.14. The second-order valence-electron chi connectivity index (χ2n) is 10.2. The molecule has 0 N–H and O–H groups in total. The van der Waals surface area contributed by atoms with Gasteiger partial charge in [-0.2, -0.15) is 0 Å². The van der Waals surface area contributed by atoms with E-state index in [0.717, 1.165) is 21.7 Å². The van der Waals surface area contributed by atoms with Crippen molar-refractivity contribution in [2.45, 2.75) is 5.41 Å². The van der Waals surface area contributed by atoms with Crippen LogP contribution in [-0.4, -0.2) is 4.57 Å². The molecule has 1 aromatic heterocycles. The van der Waals surface area contributed by atoms with Crippen LogP contribution in [0.3, 0.4) is 0 Å². The van der Waals surface area contributed by atoms with E-state index in [1.165, 1.54) is 44.2 Å². The van der Waals surface area contributed by atoms with Crippen LogP contribution in [0.5, 0.6) is 0 Å². The van der Waals surface area contributed by atoms with E-state index in [2.05, 4.69) is 150 Å². The van der Waals surface area contributed by atoms with Crippen molar-refractivity contribution < 1.29 is 0 Å². The second-order valence-corrected chi connectivity index (χ2v) is 10.6. The fourth-order valence-electron chi connectivity index (χ4n) is 6.90. The van der Waals surface area contributed by atoms with E-state index in [0.29, 0.717) is 0 Å². The van der Waals surface area contributed by atoms with Crippen molar-refractivity contribution in [1.29, 1.82) is 0 Å². The van der Waals surface area contributed by atoms with Gasteiger partial charge in [0.05, 0.1) is 21.5 Å². The molecule has 2 heteroatoms. The lowest BCUT2D eigenvalue weighted by Gasteiger charge is -2.34. The Kier molecular flexibility index (Phi) is 4.86. The molecule has 0 unspecified atom stereocenters. The lowest BCUT2D eigenvalue weighted by Crippen LogP contribution is -2.28. The molecular formula is C37H24ClN. The minimum absolute atomic E-state index is 0.497. The first-order valence-electron chi connectivity index (χ1n) is 13.3. The maximum atomic E-state index is 7.13. The smallest absolute Gasteiger partial charge is 0.0730 e. The molecule has 0 saturated carbocycles. The third kappa shape index (κ3) is 2.97. The highest BCUT2D eigenvalue weighted by Gasteiger charge is 2.47. The highest BCUT2D eigenvalue weighted by Crippen LogP contribution is 2.58. The Morgan fingerprint density at radius 1 is 0.487 bits per heavy atom. The van der Waals surface area contributed by atoms with Gasteiger partial charge in [-0.15, -0.1) is 0 Å². The molecule has 7 aromatic rings. The van der Waals surface area contributed by atoms with Gasteiger partial charge in [-0.3, -0.25) is 0 Å². The van der Waals surface area contributed by atoms with Crippen molar-refractivity contribution in [3.8, 4) is 16.8 Å². The Morgan fingerprint density at radius 3 is 1.74 bits per heavy atom. The quantitative estimate of drug-likeness (QED) is 0.220. The second kappa shape index (κ2) is 8.46. The van der Waals surface area contributed by atoms with Crippen LogP contribution < -0.4 is 0 Å². The van der Waals surface area contributed by atoms with Crippen molar-refractivity contribution >= 4 is 33.4 Å². The number of nitrogens with zero attached hydrogens (tertiary/aromatic N) is 1. The number of benzene rings is 6. The van der Waals surface area contributed by atoms with Gasteiger partial charge in [-0.05, 0) is 57.6 Å². The molecular weight excluding hydrogens is 494 g/mol. The Labute approximate surface area is 232 Å². The summed E-state index contributed by atoms with van der Waals surface area (Å²) in [5.41, 5.74) is 10.5. The third-order valence-electron chi connectivity index (χ3n) is 8.34. The first kappa shape index (κ1) is 22.4. The monoisotopic (exact) mass is 517 g/mol. The predicted octanol–water partition coefficient (Wildman–Crippen LogP) is 9.80. The van der Waals surface area contributed by atoms with Crippen molar-refractivity contribution in [3.05, 3.63) is 173 Å². The maximum Gasteiger partial charge on any atom is 0.0730 e. The molecule has 0 radical (unpaired) electrons. The van der Waals surface area contributed by atoms with Crippen LogP contribution in [0.15, 0.2) is 146 Å². The number of para-hydroxylation sites is 2. The van der Waals surface area contributed by atoms with E-state index >= 15 is 0 Å². The zero-order valence-electron chi connectivity index (χ0n) is 21.2. The fourth-order valence-corrected chi connectivity index (χ4v) is 7.14. The largest absolute Gasteiger partial charge is 0.308 e. The average molecular weight is 518 g/mol. The summed E-state index contributed by atoms with van der Waals surface area (Å²) in [7, 11) is 0. The van der Waals surface area contributed by atoms with Gasteiger partial charge < -0.3 is 4.57 Å². The SMILES string of the molecule is Clc1ccc(C2(c3ccccc3)c3ccccc3-c3ccccc32)c2c3ccccc3n(-c3ccccc3)c12. The predicted molar refractivity (Wildman–Crippen MR) is 163 cm³/mol. The van der Waals surface area contributed by atoms with Crippen LogP contribution in [0, 0.1) is 0 Å². The van der Waals surface area contributed by atoms with Gasteiger partial charge in [-0.25, -0.2) is 0 Å². The van der Waals surface area contributed by atoms with E-state index in [1.807, 2.05) is 0 Å². The zero-order chi connectivity index (χ0) is 26.0. The van der Waals surface area contributed by atoms with E-state index in [1.54, 1.807) is 0 Å². The van der Waals surface area contributed by atoms with Crippen LogP contribution in [-0.2, 0) is 5.41 Å². The lowest BCUT2D eigenvalue weighted by molar-refractivity contribution is 0.777. The summed E-state index contributed by atoms with van der Waals surface area (Å²) in [6, 6.07) is 52.3. The molecule has 8 rings (SSSR count). The van der Waals surface area contributed by atoms with Crippen LogP contribution in [0.2, 0.25) is 5.02 Å². The topological polar surface area (TPSA) is 4.93 Å². The molecule has 0 amide bonds. The standard InChI is InChI=1S/C37H24ClN/c38-33-24-23-32(35-29-19-9-12-22-34(29)39(36(33)35)26-15-5-2-6-16-26)37(25-13-3-1-4-14-25)30-20-10-7-17-27(30)28-18-8-11-21-31(28)37/h1-24H. The fraction of sp³-hybridized carbons (Fsp3) is 0.0270. The van der Waals surface area contributed by atoms with Gasteiger partial charge in [0.15, 0.2) is 0 Å². The normalized spacial score (nSPS) is 13.5. The van der Waals surface area contributed by atoms with Crippen molar-refractivity contribution in [2.75, 3.05) is 0 Å². The van der Waals surface area contributed by atoms with Crippen LogP contribution in [0.4, 0.5) is 0 Å². The number of halogens is 1. The summed E-state index contributed by atoms with van der Waals surface area (Å²) >= 11 is 7.13. The minimum atomic E-state index is -0.497. The molecule has 0 bridgehead atoms. The van der Waals surface area contributed by atoms with Gasteiger partial charge >= 0.3 is 0 Å². The molecule has 0 spiro atoms. The molecule has 1 heterocycles. The number of hydrogen-bond acceptors (Lipinski definition) is 0. The molecule has 1 nitrogen and oxygen atoms in total. The van der Waals surface area contributed by atoms with E-state index in [4.69, 9.17) is 11.6 Å². The van der Waals surface area contributed by atoms with Crippen molar-refractivity contribution in [1.82, 2.24) is 4.57 Å². The van der Waals surface area contributed by atoms with Gasteiger partial charge in [0.2, 0.25) is 0 Å². The molecule has 1 aliphatic rings. The molecule has 0 atom stereocenters. The highest BCUT2D eigenvalue weighted by molar-refractivity contribution is 6.37. The van der Waals surface area contributed by atoms with Crippen LogP contribution in [0.1, 0.15) is 22.3 Å². The van der Waals surface area contributed by atoms with Crippen molar-refractivity contribution in [3.63, 3.8) is 0 Å². The van der Waals surface area contributed by atoms with Gasteiger partial charge in [0.1, 0.15) is 0 Å². The Bertz CT molecular complexity index is 1970. The third-order valence-corrected chi connectivity index (χ3v) is 8.65. The molecule has 184 valence electrons. The van der Waals surface area contributed by atoms with E-state index in [-0.39, 0.29) is 0 Å². The number of aromatic nitrogens is 1. The molecule has 0 saturated heterocycles. The van der Waals surface area contributed by atoms with Crippen LogP contribution in [0.25, 0.3) is 38.6 Å². The number of hydrogen-bond donors (Lipinski definition) is 0. The molecule has 39 heavy (non-hydrogen) atoms. The maximum absolute atomic E-state index is 7.13. The first-order valence-corrected chi connectivity index (χ1v) is 13.7. The minimum Gasteiger partial charge on any atom is -0.308 e. The molecule has 1 aliphatic carbocycles. The summed E-state index contributed by atoms with van der Waals surface area (Å²) in [6.45, 7) is 0. The summed E-state index contributed by atoms with van der Waals surface area (Å²) in [6.07, 6.45) is 0. The Hall–Kier alpha value is -4.59. The lowest BCUT2D eigenvalue weighted by atomic mass is 9.66.